The summed E-state index contributed by atoms with van der Waals surface area (Å²) in [5, 5.41) is 7.57. The number of benzene rings is 7. The van der Waals surface area contributed by atoms with Crippen LogP contribution < -0.4 is 0 Å². The molecule has 0 N–H and O–H groups in total. The Morgan fingerprint density at radius 1 is 0.333 bits per heavy atom. The monoisotopic (exact) mass is 613 g/mol. The summed E-state index contributed by atoms with van der Waals surface area (Å²) < 4.78 is 4.43. The molecule has 0 saturated carbocycles. The third-order valence-electron chi connectivity index (χ3n) is 9.18. The summed E-state index contributed by atoms with van der Waals surface area (Å²) >= 11 is 0. The van der Waals surface area contributed by atoms with Gasteiger partial charge in [0.15, 0.2) is 0 Å². The Balaban J connectivity index is 1.14. The highest BCUT2D eigenvalue weighted by Gasteiger charge is 2.16. The summed E-state index contributed by atoms with van der Waals surface area (Å²) in [6.45, 7) is 0. The lowest BCUT2D eigenvalue weighted by molar-refractivity contribution is 0.891. The van der Waals surface area contributed by atoms with Gasteiger partial charge in [-0.15, -0.1) is 0 Å². The van der Waals surface area contributed by atoms with Crippen LogP contribution in [0.1, 0.15) is 0 Å². The summed E-state index contributed by atoms with van der Waals surface area (Å²) in [4.78, 5) is 0. The van der Waals surface area contributed by atoms with Gasteiger partial charge in [0.2, 0.25) is 0 Å². The Morgan fingerprint density at radius 3 is 1.60 bits per heavy atom. The summed E-state index contributed by atoms with van der Waals surface area (Å²) in [5.41, 5.74) is 13.6. The molecule has 0 fully saturated rings. The van der Waals surface area contributed by atoms with E-state index >= 15 is 0 Å². The second kappa shape index (κ2) is 11.7. The van der Waals surface area contributed by atoms with Crippen molar-refractivity contribution >= 4 is 21.8 Å². The maximum Gasteiger partial charge on any atom is 0.0934 e. The zero-order valence-electron chi connectivity index (χ0n) is 26.2. The van der Waals surface area contributed by atoms with E-state index in [1.807, 2.05) is 12.1 Å². The van der Waals surface area contributed by atoms with Gasteiger partial charge < -0.3 is 4.57 Å². The molecule has 7 aromatic carbocycles. The zero-order valence-corrected chi connectivity index (χ0v) is 26.2. The quantitative estimate of drug-likeness (QED) is 0.183. The first-order chi connectivity index (χ1) is 23.8. The van der Waals surface area contributed by atoms with Crippen molar-refractivity contribution in [2.45, 2.75) is 0 Å². The van der Waals surface area contributed by atoms with E-state index in [2.05, 4.69) is 185 Å². The number of rotatable bonds is 6. The van der Waals surface area contributed by atoms with Crippen LogP contribution in [0.5, 0.6) is 0 Å². The first kappa shape index (κ1) is 27.8. The van der Waals surface area contributed by atoms with Gasteiger partial charge in [-0.25, -0.2) is 4.68 Å². The lowest BCUT2D eigenvalue weighted by Crippen LogP contribution is -2.00. The average molecular weight is 614 g/mol. The van der Waals surface area contributed by atoms with Crippen LogP contribution >= 0.6 is 0 Å². The van der Waals surface area contributed by atoms with Gasteiger partial charge >= 0.3 is 0 Å². The highest BCUT2D eigenvalue weighted by Crippen LogP contribution is 2.36. The summed E-state index contributed by atoms with van der Waals surface area (Å²) in [7, 11) is 0. The lowest BCUT2D eigenvalue weighted by atomic mass is 9.98. The molecule has 48 heavy (non-hydrogen) atoms. The Labute approximate surface area is 279 Å². The Morgan fingerprint density at radius 2 is 0.875 bits per heavy atom. The van der Waals surface area contributed by atoms with E-state index in [-0.39, 0.29) is 0 Å². The van der Waals surface area contributed by atoms with Crippen LogP contribution in [0.15, 0.2) is 188 Å². The predicted octanol–water partition coefficient (Wildman–Crippen LogP) is 11.6. The smallest absolute Gasteiger partial charge is 0.0934 e. The van der Waals surface area contributed by atoms with Gasteiger partial charge in [0.05, 0.1) is 28.1 Å². The van der Waals surface area contributed by atoms with E-state index < -0.39 is 0 Å². The number of fused-ring (bicyclic) bond motifs is 3. The highest BCUT2D eigenvalue weighted by molar-refractivity contribution is 6.10. The van der Waals surface area contributed by atoms with Gasteiger partial charge in [-0.1, -0.05) is 133 Å². The van der Waals surface area contributed by atoms with E-state index in [0.717, 1.165) is 33.9 Å². The van der Waals surface area contributed by atoms with Crippen molar-refractivity contribution in [1.82, 2.24) is 14.3 Å². The number of aromatic nitrogens is 3. The minimum absolute atomic E-state index is 0.950. The molecule has 0 amide bonds. The molecule has 0 radical (unpaired) electrons. The van der Waals surface area contributed by atoms with Crippen LogP contribution in [0.3, 0.4) is 0 Å². The van der Waals surface area contributed by atoms with Crippen LogP contribution in [0, 0.1) is 0 Å². The molecule has 0 saturated heterocycles. The average Bonchev–Trinajstić information content (AvgIpc) is 3.76. The number of hydrogen-bond acceptors (Lipinski definition) is 1. The van der Waals surface area contributed by atoms with Crippen molar-refractivity contribution in [2.75, 3.05) is 0 Å². The van der Waals surface area contributed by atoms with Gasteiger partial charge in [-0.2, -0.15) is 5.10 Å². The fourth-order valence-corrected chi connectivity index (χ4v) is 6.82. The van der Waals surface area contributed by atoms with E-state index in [9.17, 15) is 0 Å². The van der Waals surface area contributed by atoms with Gasteiger partial charge in [0.25, 0.3) is 0 Å². The molecule has 0 aliphatic rings. The van der Waals surface area contributed by atoms with Crippen LogP contribution in [-0.4, -0.2) is 14.3 Å². The van der Waals surface area contributed by atoms with Crippen LogP contribution in [-0.2, 0) is 0 Å². The normalized spacial score (nSPS) is 11.3. The molecular formula is C45H31N3. The summed E-state index contributed by atoms with van der Waals surface area (Å²) in [6, 6.07) is 66.7. The molecule has 0 spiro atoms. The van der Waals surface area contributed by atoms with Gasteiger partial charge in [0.1, 0.15) is 0 Å². The van der Waals surface area contributed by atoms with E-state index in [4.69, 9.17) is 5.10 Å². The third-order valence-corrected chi connectivity index (χ3v) is 9.18. The van der Waals surface area contributed by atoms with Crippen molar-refractivity contribution < 1.29 is 0 Å². The van der Waals surface area contributed by atoms with Crippen LogP contribution in [0.2, 0.25) is 0 Å². The number of para-hydroxylation sites is 1. The standard InChI is InChI=1S/C45H31N3/c1-4-13-32(14-5-1)35-19-12-20-36(29-35)37-23-28-44-41(30-37)40-21-10-11-22-43(40)47(44)38-24-26-39(27-25-38)48-45(34-17-8-3-9-18-34)31-42(46-48)33-15-6-2-7-16-33/h1-31H. The van der Waals surface area contributed by atoms with Crippen molar-refractivity contribution in [3.05, 3.63) is 188 Å². The van der Waals surface area contributed by atoms with E-state index in [1.165, 1.54) is 44.1 Å². The van der Waals surface area contributed by atoms with Crippen molar-refractivity contribution in [3.8, 4) is 56.1 Å². The zero-order chi connectivity index (χ0) is 31.9. The Kier molecular flexibility index (Phi) is 6.80. The molecule has 0 atom stereocenters. The second-order valence-corrected chi connectivity index (χ2v) is 12.1. The molecule has 2 heterocycles. The molecule has 9 rings (SSSR count). The van der Waals surface area contributed by atoms with Gasteiger partial charge in [-0.3, -0.25) is 0 Å². The minimum atomic E-state index is 0.950. The third kappa shape index (κ3) is 4.90. The van der Waals surface area contributed by atoms with Gasteiger partial charge in [-0.05, 0) is 76.9 Å². The topological polar surface area (TPSA) is 22.8 Å². The molecule has 0 aliphatic heterocycles. The first-order valence-corrected chi connectivity index (χ1v) is 16.3. The summed E-state index contributed by atoms with van der Waals surface area (Å²) in [6.07, 6.45) is 0. The first-order valence-electron chi connectivity index (χ1n) is 16.3. The Bertz CT molecular complexity index is 2520. The highest BCUT2D eigenvalue weighted by atomic mass is 15.3. The van der Waals surface area contributed by atoms with Crippen molar-refractivity contribution in [2.24, 2.45) is 0 Å². The largest absolute Gasteiger partial charge is 0.309 e. The minimum Gasteiger partial charge on any atom is -0.309 e. The van der Waals surface area contributed by atoms with Crippen molar-refractivity contribution in [1.29, 1.82) is 0 Å². The van der Waals surface area contributed by atoms with Crippen LogP contribution in [0.25, 0.3) is 77.9 Å². The van der Waals surface area contributed by atoms with Crippen LogP contribution in [0.4, 0.5) is 0 Å². The molecule has 0 aliphatic carbocycles. The molecule has 3 heteroatoms. The second-order valence-electron chi connectivity index (χ2n) is 12.1. The molecule has 0 bridgehead atoms. The Hall–Kier alpha value is -6.45. The lowest BCUT2D eigenvalue weighted by Gasteiger charge is -2.12. The van der Waals surface area contributed by atoms with Gasteiger partial charge in [0, 0.05) is 27.6 Å². The molecule has 226 valence electrons. The maximum absolute atomic E-state index is 5.09. The predicted molar refractivity (Wildman–Crippen MR) is 200 cm³/mol. The van der Waals surface area contributed by atoms with Crippen molar-refractivity contribution in [3.63, 3.8) is 0 Å². The molecule has 2 aromatic heterocycles. The molecule has 9 aromatic rings. The maximum atomic E-state index is 5.09. The fraction of sp³-hybridized carbons (Fsp3) is 0. The summed E-state index contributed by atoms with van der Waals surface area (Å²) in [5.74, 6) is 0. The fourth-order valence-electron chi connectivity index (χ4n) is 6.82. The van der Waals surface area contributed by atoms with E-state index in [1.54, 1.807) is 0 Å². The molecular weight excluding hydrogens is 583 g/mol. The number of nitrogens with zero attached hydrogens (tertiary/aromatic N) is 3. The SMILES string of the molecule is c1ccc(-c2cccc(-c3ccc4c(c3)c3ccccc3n4-c3ccc(-n4nc(-c5ccccc5)cc4-c4ccccc4)cc3)c2)cc1. The van der Waals surface area contributed by atoms with E-state index in [0.29, 0.717) is 0 Å². The molecule has 0 unspecified atom stereocenters. The molecule has 3 nitrogen and oxygen atoms in total. The number of hydrogen-bond donors (Lipinski definition) is 0.